The first-order valence-corrected chi connectivity index (χ1v) is 8.43. The highest BCUT2D eigenvalue weighted by Gasteiger charge is 2.24. The molecule has 23 heavy (non-hydrogen) atoms. The average Bonchev–Trinajstić information content (AvgIpc) is 3.01. The van der Waals surface area contributed by atoms with E-state index in [2.05, 4.69) is 20.5 Å². The average molecular weight is 325 g/mol. The van der Waals surface area contributed by atoms with Crippen LogP contribution in [0.2, 0.25) is 0 Å². The summed E-state index contributed by atoms with van der Waals surface area (Å²) in [5.41, 5.74) is 1.07. The number of oxime groups is 1. The third-order valence-corrected chi connectivity index (χ3v) is 4.39. The molecule has 1 fully saturated rings. The van der Waals surface area contributed by atoms with E-state index in [0.29, 0.717) is 6.54 Å². The molecule has 0 bridgehead atoms. The van der Waals surface area contributed by atoms with Crippen LogP contribution in [-0.4, -0.2) is 50.4 Å². The summed E-state index contributed by atoms with van der Waals surface area (Å²) in [4.78, 5) is 28.1. The molecule has 0 radical (unpaired) electrons. The molecule has 2 aliphatic heterocycles. The number of hydrogen-bond donors (Lipinski definition) is 2. The van der Waals surface area contributed by atoms with Crippen molar-refractivity contribution in [3.8, 4) is 0 Å². The summed E-state index contributed by atoms with van der Waals surface area (Å²) in [7, 11) is 1.33. The maximum Gasteiger partial charge on any atom is 0.307 e. The minimum absolute atomic E-state index is 0.117. The summed E-state index contributed by atoms with van der Waals surface area (Å²) in [6.45, 7) is 2.52. The maximum absolute atomic E-state index is 11.8. The van der Waals surface area contributed by atoms with E-state index in [-0.39, 0.29) is 30.8 Å². The molecule has 2 N–H and O–H groups in total. The monoisotopic (exact) mass is 325 g/mol. The highest BCUT2D eigenvalue weighted by Crippen LogP contribution is 2.22. The van der Waals surface area contributed by atoms with Crippen molar-refractivity contribution < 1.29 is 19.2 Å². The van der Waals surface area contributed by atoms with Gasteiger partial charge in [0.15, 0.2) is 0 Å². The lowest BCUT2D eigenvalue weighted by Gasteiger charge is -2.22. The van der Waals surface area contributed by atoms with Crippen molar-refractivity contribution in [1.29, 1.82) is 0 Å². The molecule has 2 rings (SSSR count). The third-order valence-electron chi connectivity index (χ3n) is 4.39. The predicted molar refractivity (Wildman–Crippen MR) is 86.0 cm³/mol. The van der Waals surface area contributed by atoms with Crippen LogP contribution in [0.15, 0.2) is 5.16 Å². The molecule has 0 aromatic carbocycles. The molecule has 2 heterocycles. The molecule has 0 spiro atoms. The Hall–Kier alpha value is -1.63. The Morgan fingerprint density at radius 2 is 2.17 bits per heavy atom. The summed E-state index contributed by atoms with van der Waals surface area (Å²) in [6.07, 6.45) is 5.62. The number of nitrogens with one attached hydrogen (secondary N) is 2. The van der Waals surface area contributed by atoms with Crippen molar-refractivity contribution in [2.45, 2.75) is 51.0 Å². The van der Waals surface area contributed by atoms with Crippen molar-refractivity contribution in [3.05, 3.63) is 0 Å². The molecule has 1 atom stereocenters. The quantitative estimate of drug-likeness (QED) is 0.650. The minimum atomic E-state index is -0.328. The van der Waals surface area contributed by atoms with Gasteiger partial charge in [-0.05, 0) is 44.7 Å². The lowest BCUT2D eigenvalue weighted by atomic mass is 9.91. The minimum Gasteiger partial charge on any atom is -0.469 e. The van der Waals surface area contributed by atoms with Crippen LogP contribution in [0.5, 0.6) is 0 Å². The predicted octanol–water partition coefficient (Wildman–Crippen LogP) is 0.980. The highest BCUT2D eigenvalue weighted by molar-refractivity contribution is 5.86. The zero-order chi connectivity index (χ0) is 16.5. The first-order valence-electron chi connectivity index (χ1n) is 8.43. The first-order chi connectivity index (χ1) is 11.2. The van der Waals surface area contributed by atoms with Gasteiger partial charge in [0, 0.05) is 13.0 Å². The lowest BCUT2D eigenvalue weighted by molar-refractivity contribution is -0.140. The van der Waals surface area contributed by atoms with Crippen molar-refractivity contribution in [3.63, 3.8) is 0 Å². The van der Waals surface area contributed by atoms with Crippen LogP contribution < -0.4 is 10.6 Å². The number of hydrogen-bond acceptors (Lipinski definition) is 6. The van der Waals surface area contributed by atoms with Crippen LogP contribution in [0.1, 0.15) is 44.9 Å². The van der Waals surface area contributed by atoms with Gasteiger partial charge in [0.25, 0.3) is 0 Å². The van der Waals surface area contributed by atoms with E-state index in [1.54, 1.807) is 0 Å². The van der Waals surface area contributed by atoms with Crippen molar-refractivity contribution in [1.82, 2.24) is 10.6 Å². The number of amides is 1. The van der Waals surface area contributed by atoms with Gasteiger partial charge >= 0.3 is 5.97 Å². The smallest absolute Gasteiger partial charge is 0.307 e. The fourth-order valence-electron chi connectivity index (χ4n) is 2.97. The number of piperidine rings is 1. The van der Waals surface area contributed by atoms with Gasteiger partial charge in [-0.15, -0.1) is 0 Å². The molecule has 1 saturated heterocycles. The number of rotatable bonds is 8. The number of esters is 1. The molecule has 2 aliphatic rings. The molecular weight excluding hydrogens is 298 g/mol. The van der Waals surface area contributed by atoms with E-state index in [1.807, 2.05) is 0 Å². The van der Waals surface area contributed by atoms with Gasteiger partial charge in [0.2, 0.25) is 5.91 Å². The molecule has 0 aliphatic carbocycles. The molecule has 0 aromatic rings. The second kappa shape index (κ2) is 9.50. The van der Waals surface area contributed by atoms with Crippen LogP contribution in [0.4, 0.5) is 0 Å². The first kappa shape index (κ1) is 17.7. The topological polar surface area (TPSA) is 89.0 Å². The van der Waals surface area contributed by atoms with Crippen LogP contribution in [0.25, 0.3) is 0 Å². The summed E-state index contributed by atoms with van der Waals surface area (Å²) >= 11 is 0. The second-order valence-electron chi connectivity index (χ2n) is 6.20. The van der Waals surface area contributed by atoms with E-state index in [4.69, 9.17) is 4.84 Å². The Kier molecular flexibility index (Phi) is 7.32. The largest absolute Gasteiger partial charge is 0.469 e. The van der Waals surface area contributed by atoms with E-state index in [1.165, 1.54) is 20.0 Å². The summed E-state index contributed by atoms with van der Waals surface area (Å²) in [5.74, 6) is 0.333. The molecule has 0 aromatic heterocycles. The summed E-state index contributed by atoms with van der Waals surface area (Å²) in [5, 5.41) is 10.2. The summed E-state index contributed by atoms with van der Waals surface area (Å²) < 4.78 is 4.52. The van der Waals surface area contributed by atoms with Gasteiger partial charge < -0.3 is 20.2 Å². The Labute approximate surface area is 137 Å². The second-order valence-corrected chi connectivity index (χ2v) is 6.20. The van der Waals surface area contributed by atoms with Gasteiger partial charge in [-0.25, -0.2) is 0 Å². The van der Waals surface area contributed by atoms with E-state index < -0.39 is 0 Å². The van der Waals surface area contributed by atoms with Crippen molar-refractivity contribution >= 4 is 17.6 Å². The number of nitrogens with zero attached hydrogens (tertiary/aromatic N) is 1. The zero-order valence-corrected chi connectivity index (χ0v) is 13.8. The molecular formula is C16H27N3O4. The Balaban J connectivity index is 1.56. The number of carbonyl (C=O) groups excluding carboxylic acids is 2. The number of ether oxygens (including phenoxy) is 1. The fourth-order valence-corrected chi connectivity index (χ4v) is 2.97. The highest BCUT2D eigenvalue weighted by atomic mass is 16.6. The lowest BCUT2D eigenvalue weighted by Crippen LogP contribution is -2.29. The molecule has 7 heteroatoms. The summed E-state index contributed by atoms with van der Waals surface area (Å²) in [6, 6.07) is 0. The molecule has 130 valence electrons. The normalized spacial score (nSPS) is 21.4. The molecule has 0 saturated carbocycles. The van der Waals surface area contributed by atoms with Crippen LogP contribution in [0, 0.1) is 5.92 Å². The SMILES string of the molecule is COC(=O)CCNC(=O)CC1CC(CCC2CCNCC2)=NO1. The standard InChI is InChI=1S/C16H27N3O4/c1-22-16(21)6-9-18-15(20)11-14-10-13(19-23-14)3-2-12-4-7-17-8-5-12/h12,14,17H,2-11H2,1H3,(H,18,20). The van der Waals surface area contributed by atoms with Gasteiger partial charge in [0.05, 0.1) is 25.7 Å². The molecule has 7 nitrogen and oxygen atoms in total. The number of methoxy groups -OCH3 is 1. The van der Waals surface area contributed by atoms with Crippen LogP contribution >= 0.6 is 0 Å². The van der Waals surface area contributed by atoms with Crippen LogP contribution in [0.3, 0.4) is 0 Å². The van der Waals surface area contributed by atoms with E-state index in [9.17, 15) is 9.59 Å². The van der Waals surface area contributed by atoms with Crippen LogP contribution in [-0.2, 0) is 19.2 Å². The maximum atomic E-state index is 11.8. The Bertz CT molecular complexity index is 433. The zero-order valence-electron chi connectivity index (χ0n) is 13.8. The van der Waals surface area contributed by atoms with Crippen molar-refractivity contribution in [2.75, 3.05) is 26.7 Å². The Morgan fingerprint density at radius 3 is 2.91 bits per heavy atom. The van der Waals surface area contributed by atoms with E-state index >= 15 is 0 Å². The van der Waals surface area contributed by atoms with Gasteiger partial charge in [-0.3, -0.25) is 9.59 Å². The van der Waals surface area contributed by atoms with Gasteiger partial charge in [-0.1, -0.05) is 5.16 Å². The van der Waals surface area contributed by atoms with Crippen molar-refractivity contribution in [2.24, 2.45) is 11.1 Å². The number of carbonyl (C=O) groups is 2. The molecule has 1 unspecified atom stereocenters. The van der Waals surface area contributed by atoms with E-state index in [0.717, 1.165) is 44.0 Å². The third kappa shape index (κ3) is 6.56. The molecule has 1 amide bonds. The van der Waals surface area contributed by atoms with Gasteiger partial charge in [-0.2, -0.15) is 0 Å². The Morgan fingerprint density at radius 1 is 1.39 bits per heavy atom. The fraction of sp³-hybridized carbons (Fsp3) is 0.812. The van der Waals surface area contributed by atoms with Gasteiger partial charge in [0.1, 0.15) is 6.10 Å².